The Balaban J connectivity index is 1.62. The van der Waals surface area contributed by atoms with E-state index in [0.717, 1.165) is 51.9 Å². The lowest BCUT2D eigenvalue weighted by Crippen LogP contribution is -2.38. The van der Waals surface area contributed by atoms with Crippen molar-refractivity contribution in [1.29, 1.82) is 0 Å². The summed E-state index contributed by atoms with van der Waals surface area (Å²) in [6.45, 7) is 14.5. The van der Waals surface area contributed by atoms with Gasteiger partial charge in [-0.25, -0.2) is 0 Å². The molecule has 0 saturated carbocycles. The van der Waals surface area contributed by atoms with E-state index in [1.807, 2.05) is 33.8 Å². The fourth-order valence-electron chi connectivity index (χ4n) is 4.66. The van der Waals surface area contributed by atoms with Gasteiger partial charge in [-0.15, -0.1) is 0 Å². The molecule has 0 spiro atoms. The first-order valence-electron chi connectivity index (χ1n) is 13.2. The van der Waals surface area contributed by atoms with Gasteiger partial charge in [0.15, 0.2) is 11.5 Å². The Labute approximate surface area is 220 Å². The van der Waals surface area contributed by atoms with Gasteiger partial charge in [0.2, 0.25) is 5.88 Å². The molecule has 6 heteroatoms. The summed E-state index contributed by atoms with van der Waals surface area (Å²) in [5, 5.41) is 4.18. The number of allylic oxidation sites excluding steroid dienone is 2. The number of benzene rings is 2. The highest BCUT2D eigenvalue weighted by atomic mass is 16.5. The highest BCUT2D eigenvalue weighted by molar-refractivity contribution is 5.67. The minimum Gasteiger partial charge on any atom is -0.492 e. The first-order chi connectivity index (χ1) is 18.0. The molecule has 2 heterocycles. The van der Waals surface area contributed by atoms with Gasteiger partial charge in [-0.2, -0.15) is 0 Å². The summed E-state index contributed by atoms with van der Waals surface area (Å²) in [6.07, 6.45) is 2.89. The summed E-state index contributed by atoms with van der Waals surface area (Å²) >= 11 is 0. The van der Waals surface area contributed by atoms with Gasteiger partial charge in [0.25, 0.3) is 0 Å². The van der Waals surface area contributed by atoms with Gasteiger partial charge < -0.3 is 23.6 Å². The zero-order chi connectivity index (χ0) is 26.4. The van der Waals surface area contributed by atoms with Crippen LogP contribution in [0.4, 0.5) is 5.88 Å². The SMILES string of the molecule is CCOCc1cc(COC2=C(OCC)C(C)N(c3onc(C)c3C)C(CC)=C2)ccc1-c1ccccc1. The molecule has 196 valence electrons. The maximum atomic E-state index is 6.43. The predicted octanol–water partition coefficient (Wildman–Crippen LogP) is 7.46. The molecule has 0 saturated heterocycles. The molecule has 3 aromatic rings. The number of nitrogens with zero attached hydrogens (tertiary/aromatic N) is 2. The number of hydrogen-bond acceptors (Lipinski definition) is 6. The minimum absolute atomic E-state index is 0.0880. The van der Waals surface area contributed by atoms with E-state index in [1.54, 1.807) is 0 Å². The van der Waals surface area contributed by atoms with E-state index in [4.69, 9.17) is 18.7 Å². The minimum atomic E-state index is -0.0880. The first kappa shape index (κ1) is 26.6. The molecule has 4 rings (SSSR count). The number of hydrogen-bond donors (Lipinski definition) is 0. The quantitative estimate of drug-likeness (QED) is 0.271. The van der Waals surface area contributed by atoms with Crippen molar-refractivity contribution in [2.24, 2.45) is 0 Å². The summed E-state index contributed by atoms with van der Waals surface area (Å²) in [6, 6.07) is 16.8. The van der Waals surface area contributed by atoms with Gasteiger partial charge in [0, 0.05) is 23.9 Å². The third kappa shape index (κ3) is 5.75. The number of rotatable bonds is 11. The summed E-state index contributed by atoms with van der Waals surface area (Å²) in [5.74, 6) is 2.31. The molecule has 0 amide bonds. The molecule has 2 aromatic carbocycles. The van der Waals surface area contributed by atoms with Crippen LogP contribution >= 0.6 is 0 Å². The number of anilines is 1. The van der Waals surface area contributed by atoms with Crippen LogP contribution in [0.5, 0.6) is 0 Å². The van der Waals surface area contributed by atoms with Crippen LogP contribution < -0.4 is 4.90 Å². The topological polar surface area (TPSA) is 57.0 Å². The number of ether oxygens (including phenoxy) is 3. The van der Waals surface area contributed by atoms with Crippen LogP contribution in [-0.4, -0.2) is 24.4 Å². The molecule has 1 aromatic heterocycles. The van der Waals surface area contributed by atoms with E-state index < -0.39 is 0 Å². The van der Waals surface area contributed by atoms with Crippen molar-refractivity contribution < 1.29 is 18.7 Å². The first-order valence-corrected chi connectivity index (χ1v) is 13.2. The predicted molar refractivity (Wildman–Crippen MR) is 147 cm³/mol. The van der Waals surface area contributed by atoms with Crippen molar-refractivity contribution in [2.45, 2.75) is 67.2 Å². The molecule has 1 atom stereocenters. The maximum Gasteiger partial charge on any atom is 0.235 e. The molecule has 6 nitrogen and oxygen atoms in total. The summed E-state index contributed by atoms with van der Waals surface area (Å²) in [4.78, 5) is 2.17. The number of aromatic nitrogens is 1. The highest BCUT2D eigenvalue weighted by Gasteiger charge is 2.33. The Hall–Kier alpha value is -3.51. The van der Waals surface area contributed by atoms with Crippen LogP contribution in [-0.2, 0) is 27.4 Å². The van der Waals surface area contributed by atoms with E-state index in [2.05, 4.69) is 72.4 Å². The van der Waals surface area contributed by atoms with Crippen molar-refractivity contribution in [3.63, 3.8) is 0 Å². The van der Waals surface area contributed by atoms with E-state index in [0.29, 0.717) is 26.4 Å². The van der Waals surface area contributed by atoms with Gasteiger partial charge in [-0.3, -0.25) is 0 Å². The molecular weight excluding hydrogens is 464 g/mol. The molecule has 1 unspecified atom stereocenters. The lowest BCUT2D eigenvalue weighted by Gasteiger charge is -2.36. The second-order valence-electron chi connectivity index (χ2n) is 9.18. The Kier molecular flexibility index (Phi) is 8.72. The van der Waals surface area contributed by atoms with E-state index in [-0.39, 0.29) is 6.04 Å². The van der Waals surface area contributed by atoms with E-state index in [1.165, 1.54) is 11.1 Å². The largest absolute Gasteiger partial charge is 0.492 e. The second-order valence-corrected chi connectivity index (χ2v) is 9.18. The lowest BCUT2D eigenvalue weighted by atomic mass is 9.98. The average molecular weight is 503 g/mol. The van der Waals surface area contributed by atoms with Crippen LogP contribution in [0.2, 0.25) is 0 Å². The Morgan fingerprint density at radius 3 is 2.38 bits per heavy atom. The molecule has 37 heavy (non-hydrogen) atoms. The Morgan fingerprint density at radius 2 is 1.73 bits per heavy atom. The zero-order valence-electron chi connectivity index (χ0n) is 22.8. The van der Waals surface area contributed by atoms with Gasteiger partial charge >= 0.3 is 0 Å². The normalized spacial score (nSPS) is 15.7. The monoisotopic (exact) mass is 502 g/mol. The van der Waals surface area contributed by atoms with Gasteiger partial charge in [0.05, 0.1) is 24.9 Å². The second kappa shape index (κ2) is 12.2. The average Bonchev–Trinajstić information content (AvgIpc) is 3.25. The third-order valence-corrected chi connectivity index (χ3v) is 6.74. The van der Waals surface area contributed by atoms with Gasteiger partial charge in [-0.1, -0.05) is 54.5 Å². The third-order valence-electron chi connectivity index (χ3n) is 6.74. The van der Waals surface area contributed by atoms with Crippen molar-refractivity contribution in [3.05, 3.63) is 94.2 Å². The number of aryl methyl sites for hydroxylation is 1. The summed E-state index contributed by atoms with van der Waals surface area (Å²) in [7, 11) is 0. The highest BCUT2D eigenvalue weighted by Crippen LogP contribution is 2.37. The fraction of sp³-hybridized carbons (Fsp3) is 0.387. The van der Waals surface area contributed by atoms with Crippen molar-refractivity contribution in [1.82, 2.24) is 5.16 Å². The lowest BCUT2D eigenvalue weighted by molar-refractivity contribution is 0.133. The van der Waals surface area contributed by atoms with Gasteiger partial charge in [0.1, 0.15) is 6.61 Å². The molecule has 0 fully saturated rings. The Bertz CT molecular complexity index is 1260. The molecule has 0 bridgehead atoms. The smallest absolute Gasteiger partial charge is 0.235 e. The van der Waals surface area contributed by atoms with E-state index >= 15 is 0 Å². The van der Waals surface area contributed by atoms with E-state index in [9.17, 15) is 0 Å². The molecular formula is C31H38N2O4. The zero-order valence-corrected chi connectivity index (χ0v) is 22.8. The van der Waals surface area contributed by atoms with Gasteiger partial charge in [-0.05, 0) is 69.4 Å². The van der Waals surface area contributed by atoms with Crippen LogP contribution in [0.25, 0.3) is 11.1 Å². The fourth-order valence-corrected chi connectivity index (χ4v) is 4.66. The van der Waals surface area contributed by atoms with Crippen LogP contribution in [0, 0.1) is 13.8 Å². The molecule has 0 aliphatic carbocycles. The molecule has 0 radical (unpaired) electrons. The van der Waals surface area contributed by atoms with Crippen LogP contribution in [0.1, 0.15) is 56.5 Å². The van der Waals surface area contributed by atoms with Crippen molar-refractivity contribution in [3.8, 4) is 11.1 Å². The maximum absolute atomic E-state index is 6.43. The van der Waals surface area contributed by atoms with Crippen LogP contribution in [0.3, 0.4) is 0 Å². The molecule has 1 aliphatic rings. The standard InChI is InChI=1S/C31H38N2O4/c1-7-27-18-29(30(35-9-3)23(6)33(27)31-21(4)22(5)32-37-31)36-19-24-15-16-28(25-13-11-10-12-14-25)26(17-24)20-34-8-2/h10-18,23H,7-9,19-20H2,1-6H3. The molecule has 0 N–H and O–H groups in total. The van der Waals surface area contributed by atoms with Crippen molar-refractivity contribution >= 4 is 5.88 Å². The molecule has 1 aliphatic heterocycles. The Morgan fingerprint density at radius 1 is 0.946 bits per heavy atom. The summed E-state index contributed by atoms with van der Waals surface area (Å²) < 4.78 is 24.1. The van der Waals surface area contributed by atoms with Crippen LogP contribution in [0.15, 0.2) is 76.3 Å². The summed E-state index contributed by atoms with van der Waals surface area (Å²) in [5.41, 5.74) is 7.62. The van der Waals surface area contributed by atoms with Crippen molar-refractivity contribution in [2.75, 3.05) is 18.1 Å².